The number of rotatable bonds is 6. The maximum Gasteiger partial charge on any atom is 0.167 e. The van der Waals surface area contributed by atoms with Crippen LogP contribution in [-0.2, 0) is 11.2 Å². The minimum Gasteiger partial charge on any atom is -0.394 e. The lowest BCUT2D eigenvalue weighted by atomic mass is 10.1. The highest BCUT2D eigenvalue weighted by atomic mass is 16.6. The standard InChI is InChI=1S/C19H23N5O4/c1-11(7-12-5-3-2-4-6-12)23-17-14-18(21-9-20-17)24(10-22-14)19-16(27)15(26)13(8-25)28-19/h2-6,9-11,13,15-16,19,25-27H,7-8H2,1H3,(H,20,21,23)/t11?,13-,15+,16-,19-/m1/s1. The number of aliphatic hydroxyl groups excluding tert-OH is 3. The molecule has 9 heteroatoms. The van der Waals surface area contributed by atoms with E-state index in [0.29, 0.717) is 17.0 Å². The van der Waals surface area contributed by atoms with Crippen molar-refractivity contribution in [2.75, 3.05) is 11.9 Å². The third kappa shape index (κ3) is 3.45. The minimum atomic E-state index is -1.20. The Hall–Kier alpha value is -2.59. The Bertz CT molecular complexity index is 934. The molecule has 1 saturated heterocycles. The van der Waals surface area contributed by atoms with Crippen LogP contribution in [0.15, 0.2) is 43.0 Å². The molecule has 3 heterocycles. The van der Waals surface area contributed by atoms with E-state index >= 15 is 0 Å². The quantitative estimate of drug-likeness (QED) is 0.483. The van der Waals surface area contributed by atoms with Crippen LogP contribution < -0.4 is 5.32 Å². The first-order valence-electron chi connectivity index (χ1n) is 9.19. The summed E-state index contributed by atoms with van der Waals surface area (Å²) in [5, 5.41) is 32.9. The van der Waals surface area contributed by atoms with Gasteiger partial charge in [-0.3, -0.25) is 4.57 Å². The van der Waals surface area contributed by atoms with Gasteiger partial charge in [0.15, 0.2) is 23.2 Å². The Morgan fingerprint density at radius 3 is 2.64 bits per heavy atom. The number of fused-ring (bicyclic) bond motifs is 1. The molecular formula is C19H23N5O4. The average molecular weight is 385 g/mol. The summed E-state index contributed by atoms with van der Waals surface area (Å²) < 4.78 is 7.13. The maximum absolute atomic E-state index is 10.3. The molecule has 1 aromatic carbocycles. The molecule has 0 bridgehead atoms. The number of benzene rings is 1. The highest BCUT2D eigenvalue weighted by molar-refractivity contribution is 5.82. The fourth-order valence-electron chi connectivity index (χ4n) is 3.51. The lowest BCUT2D eigenvalue weighted by Gasteiger charge is -2.17. The van der Waals surface area contributed by atoms with Crippen LogP contribution >= 0.6 is 0 Å². The molecule has 1 aliphatic rings. The van der Waals surface area contributed by atoms with E-state index in [9.17, 15) is 15.3 Å². The molecule has 0 amide bonds. The van der Waals surface area contributed by atoms with Crippen LogP contribution in [0.5, 0.6) is 0 Å². The summed E-state index contributed by atoms with van der Waals surface area (Å²) in [4.78, 5) is 12.9. The molecule has 1 unspecified atom stereocenters. The third-order valence-corrected chi connectivity index (χ3v) is 4.92. The number of hydrogen-bond acceptors (Lipinski definition) is 8. The predicted molar refractivity (Wildman–Crippen MR) is 102 cm³/mol. The molecule has 2 aromatic heterocycles. The number of anilines is 1. The summed E-state index contributed by atoms with van der Waals surface area (Å²) in [6, 6.07) is 10.3. The fraction of sp³-hybridized carbons (Fsp3) is 0.421. The van der Waals surface area contributed by atoms with Crippen LogP contribution in [0.1, 0.15) is 18.7 Å². The molecule has 148 valence electrons. The fourth-order valence-corrected chi connectivity index (χ4v) is 3.51. The van der Waals surface area contributed by atoms with Gasteiger partial charge in [0, 0.05) is 6.04 Å². The summed E-state index contributed by atoms with van der Waals surface area (Å²) in [6.07, 6.45) is -0.395. The van der Waals surface area contributed by atoms with Gasteiger partial charge < -0.3 is 25.4 Å². The van der Waals surface area contributed by atoms with Crippen LogP contribution in [0, 0.1) is 0 Å². The van der Waals surface area contributed by atoms with Crippen molar-refractivity contribution in [3.63, 3.8) is 0 Å². The van der Waals surface area contributed by atoms with Gasteiger partial charge in [-0.25, -0.2) is 15.0 Å². The van der Waals surface area contributed by atoms with Crippen molar-refractivity contribution in [1.82, 2.24) is 19.5 Å². The minimum absolute atomic E-state index is 0.111. The third-order valence-electron chi connectivity index (χ3n) is 4.92. The SMILES string of the molecule is CC(Cc1ccccc1)Nc1ncnc2c1ncn2[C@@H]1O[C@H](CO)[C@H](O)[C@H]1O. The van der Waals surface area contributed by atoms with E-state index in [2.05, 4.69) is 39.3 Å². The second kappa shape index (κ2) is 7.80. The summed E-state index contributed by atoms with van der Waals surface area (Å²) in [7, 11) is 0. The van der Waals surface area contributed by atoms with Crippen molar-refractivity contribution in [2.45, 2.75) is 43.9 Å². The predicted octanol–water partition coefficient (Wildman–Crippen LogP) is 0.481. The molecule has 1 aliphatic heterocycles. The zero-order chi connectivity index (χ0) is 19.7. The Morgan fingerprint density at radius 2 is 1.93 bits per heavy atom. The topological polar surface area (TPSA) is 126 Å². The highest BCUT2D eigenvalue weighted by Gasteiger charge is 2.44. The molecule has 4 rings (SSSR count). The molecule has 5 atom stereocenters. The summed E-state index contributed by atoms with van der Waals surface area (Å²) in [6.45, 7) is 1.67. The lowest BCUT2D eigenvalue weighted by molar-refractivity contribution is -0.0511. The smallest absolute Gasteiger partial charge is 0.167 e. The molecule has 28 heavy (non-hydrogen) atoms. The second-order valence-corrected chi connectivity index (χ2v) is 7.01. The van der Waals surface area contributed by atoms with Crippen LogP contribution in [-0.4, -0.2) is 65.8 Å². The lowest BCUT2D eigenvalue weighted by Crippen LogP contribution is -2.33. The van der Waals surface area contributed by atoms with Crippen LogP contribution in [0.3, 0.4) is 0 Å². The summed E-state index contributed by atoms with van der Waals surface area (Å²) >= 11 is 0. The molecule has 0 radical (unpaired) electrons. The zero-order valence-corrected chi connectivity index (χ0v) is 15.4. The largest absolute Gasteiger partial charge is 0.394 e. The monoisotopic (exact) mass is 385 g/mol. The molecule has 1 fully saturated rings. The molecule has 0 spiro atoms. The van der Waals surface area contributed by atoms with Crippen LogP contribution in [0.4, 0.5) is 5.82 Å². The molecule has 0 saturated carbocycles. The summed E-state index contributed by atoms with van der Waals surface area (Å²) in [5.74, 6) is 0.582. The van der Waals surface area contributed by atoms with E-state index in [1.54, 1.807) is 4.57 Å². The molecule has 3 aromatic rings. The van der Waals surface area contributed by atoms with Gasteiger partial charge in [-0.1, -0.05) is 30.3 Å². The average Bonchev–Trinajstić information content (AvgIpc) is 3.25. The van der Waals surface area contributed by atoms with Gasteiger partial charge in [0.25, 0.3) is 0 Å². The number of ether oxygens (including phenoxy) is 1. The maximum atomic E-state index is 10.3. The van der Waals surface area contributed by atoms with Crippen molar-refractivity contribution in [3.05, 3.63) is 48.5 Å². The molecule has 9 nitrogen and oxygen atoms in total. The number of nitrogens with zero attached hydrogens (tertiary/aromatic N) is 4. The Balaban J connectivity index is 1.57. The van der Waals surface area contributed by atoms with Gasteiger partial charge in [0.05, 0.1) is 12.9 Å². The van der Waals surface area contributed by atoms with Gasteiger partial charge in [-0.2, -0.15) is 0 Å². The molecular weight excluding hydrogens is 362 g/mol. The van der Waals surface area contributed by atoms with Crippen molar-refractivity contribution in [1.29, 1.82) is 0 Å². The van der Waals surface area contributed by atoms with Crippen LogP contribution in [0.2, 0.25) is 0 Å². The number of aliphatic hydroxyl groups is 3. The Labute approximate surface area is 161 Å². The first-order valence-corrected chi connectivity index (χ1v) is 9.19. The normalized spacial score (nSPS) is 25.9. The zero-order valence-electron chi connectivity index (χ0n) is 15.4. The first-order chi connectivity index (χ1) is 13.6. The number of imidazole rings is 1. The van der Waals surface area contributed by atoms with Gasteiger partial charge in [0.1, 0.15) is 24.6 Å². The van der Waals surface area contributed by atoms with Crippen molar-refractivity contribution < 1.29 is 20.1 Å². The summed E-state index contributed by atoms with van der Waals surface area (Å²) in [5.41, 5.74) is 2.23. The van der Waals surface area contributed by atoms with Crippen molar-refractivity contribution >= 4 is 17.0 Å². The van der Waals surface area contributed by atoms with Gasteiger partial charge in [0.2, 0.25) is 0 Å². The highest BCUT2D eigenvalue weighted by Crippen LogP contribution is 2.32. The van der Waals surface area contributed by atoms with Crippen molar-refractivity contribution in [2.24, 2.45) is 0 Å². The van der Waals surface area contributed by atoms with E-state index in [1.165, 1.54) is 18.2 Å². The van der Waals surface area contributed by atoms with E-state index < -0.39 is 24.5 Å². The molecule has 0 aliphatic carbocycles. The second-order valence-electron chi connectivity index (χ2n) is 7.01. The van der Waals surface area contributed by atoms with E-state index in [1.807, 2.05) is 18.2 Å². The number of nitrogens with one attached hydrogen (secondary N) is 1. The molecule has 4 N–H and O–H groups in total. The first kappa shape index (κ1) is 18.8. The number of hydrogen-bond donors (Lipinski definition) is 4. The number of aromatic nitrogens is 4. The van der Waals surface area contributed by atoms with E-state index in [-0.39, 0.29) is 12.6 Å². The van der Waals surface area contributed by atoms with E-state index in [4.69, 9.17) is 4.74 Å². The van der Waals surface area contributed by atoms with E-state index in [0.717, 1.165) is 6.42 Å². The van der Waals surface area contributed by atoms with Gasteiger partial charge >= 0.3 is 0 Å². The van der Waals surface area contributed by atoms with Gasteiger partial charge in [-0.15, -0.1) is 0 Å². The van der Waals surface area contributed by atoms with Crippen LogP contribution in [0.25, 0.3) is 11.2 Å². The van der Waals surface area contributed by atoms with Crippen molar-refractivity contribution in [3.8, 4) is 0 Å². The van der Waals surface area contributed by atoms with Gasteiger partial charge in [-0.05, 0) is 18.9 Å². The Kier molecular flexibility index (Phi) is 5.23. The Morgan fingerprint density at radius 1 is 1.14 bits per heavy atom.